The van der Waals surface area contributed by atoms with Gasteiger partial charge in [0.15, 0.2) is 0 Å². The van der Waals surface area contributed by atoms with Crippen LogP contribution in [0.3, 0.4) is 0 Å². The topological polar surface area (TPSA) is 12.9 Å². The van der Waals surface area contributed by atoms with E-state index < -0.39 is 0 Å². The number of aryl methyl sites for hydroxylation is 2. The maximum atomic E-state index is 4.31. The molecule has 0 saturated heterocycles. The van der Waals surface area contributed by atoms with Gasteiger partial charge in [-0.3, -0.25) is 4.98 Å². The molecule has 0 bridgehead atoms. The first-order valence-electron chi connectivity index (χ1n) is 4.23. The minimum atomic E-state index is 1.04. The molecule has 0 aliphatic carbocycles. The molecule has 0 saturated carbocycles. The summed E-state index contributed by atoms with van der Waals surface area (Å²) in [5, 5.41) is 0. The number of aromatic nitrogens is 1. The smallest absolute Gasteiger partial charge is 0.0432 e. The zero-order chi connectivity index (χ0) is 8.27. The molecule has 0 atom stereocenters. The highest BCUT2D eigenvalue weighted by atomic mass is 14.7. The molecular weight excluding hydrogens is 134 g/mol. The summed E-state index contributed by atoms with van der Waals surface area (Å²) in [5.41, 5.74) is 4.04. The zero-order valence-electron chi connectivity index (χ0n) is 7.52. The molecule has 11 heavy (non-hydrogen) atoms. The zero-order valence-corrected chi connectivity index (χ0v) is 7.52. The van der Waals surface area contributed by atoms with Crippen LogP contribution in [0.4, 0.5) is 0 Å². The lowest BCUT2D eigenvalue weighted by Crippen LogP contribution is -1.95. The van der Waals surface area contributed by atoms with Crippen LogP contribution in [0.15, 0.2) is 12.3 Å². The Balaban J connectivity index is 3.10. The third-order valence-corrected chi connectivity index (χ3v) is 2.14. The molecule has 0 aliphatic heterocycles. The molecular formula is C10H15N. The number of pyridine rings is 1. The van der Waals surface area contributed by atoms with Crippen molar-refractivity contribution < 1.29 is 0 Å². The maximum absolute atomic E-state index is 4.31. The third-order valence-electron chi connectivity index (χ3n) is 2.14. The Hall–Kier alpha value is -0.850. The molecule has 1 aromatic rings. The van der Waals surface area contributed by atoms with Crippen LogP contribution in [-0.2, 0) is 12.8 Å². The Labute approximate surface area is 68.5 Å². The van der Waals surface area contributed by atoms with E-state index in [1.807, 2.05) is 6.20 Å². The number of hydrogen-bond donors (Lipinski definition) is 0. The van der Waals surface area contributed by atoms with Gasteiger partial charge in [0.2, 0.25) is 0 Å². The van der Waals surface area contributed by atoms with Crippen molar-refractivity contribution in [1.82, 2.24) is 4.98 Å². The maximum Gasteiger partial charge on any atom is 0.0432 e. The summed E-state index contributed by atoms with van der Waals surface area (Å²) >= 11 is 0. The molecule has 0 spiro atoms. The first-order chi connectivity index (χ1) is 5.29. The monoisotopic (exact) mass is 149 g/mol. The second-order valence-electron chi connectivity index (χ2n) is 2.75. The van der Waals surface area contributed by atoms with E-state index in [0.717, 1.165) is 12.8 Å². The summed E-state index contributed by atoms with van der Waals surface area (Å²) in [6.45, 7) is 6.49. The molecule has 0 aromatic carbocycles. The van der Waals surface area contributed by atoms with Gasteiger partial charge in [0.25, 0.3) is 0 Å². The SMILES string of the molecule is CCc1ccnc(CC)c1C. The van der Waals surface area contributed by atoms with Crippen molar-refractivity contribution in [2.75, 3.05) is 0 Å². The Morgan fingerprint density at radius 3 is 2.55 bits per heavy atom. The molecule has 60 valence electrons. The minimum absolute atomic E-state index is 1.04. The van der Waals surface area contributed by atoms with Gasteiger partial charge in [-0.1, -0.05) is 13.8 Å². The molecule has 0 N–H and O–H groups in total. The summed E-state index contributed by atoms with van der Waals surface area (Å²) in [4.78, 5) is 4.31. The predicted octanol–water partition coefficient (Wildman–Crippen LogP) is 2.51. The van der Waals surface area contributed by atoms with E-state index in [4.69, 9.17) is 0 Å². The number of rotatable bonds is 2. The van der Waals surface area contributed by atoms with Crippen LogP contribution in [0.1, 0.15) is 30.7 Å². The molecule has 1 heterocycles. The second kappa shape index (κ2) is 3.51. The average molecular weight is 149 g/mol. The second-order valence-corrected chi connectivity index (χ2v) is 2.75. The average Bonchev–Trinajstić information content (AvgIpc) is 2.05. The largest absolute Gasteiger partial charge is 0.261 e. The fraction of sp³-hybridized carbons (Fsp3) is 0.500. The van der Waals surface area contributed by atoms with Gasteiger partial charge in [-0.05, 0) is 37.0 Å². The van der Waals surface area contributed by atoms with Gasteiger partial charge in [0.1, 0.15) is 0 Å². The van der Waals surface area contributed by atoms with Crippen molar-refractivity contribution in [2.24, 2.45) is 0 Å². The fourth-order valence-corrected chi connectivity index (χ4v) is 1.36. The highest BCUT2D eigenvalue weighted by molar-refractivity contribution is 5.28. The fourth-order valence-electron chi connectivity index (χ4n) is 1.36. The molecule has 0 fully saturated rings. The normalized spacial score (nSPS) is 10.1. The van der Waals surface area contributed by atoms with E-state index in [-0.39, 0.29) is 0 Å². The van der Waals surface area contributed by atoms with Crippen molar-refractivity contribution in [1.29, 1.82) is 0 Å². The lowest BCUT2D eigenvalue weighted by molar-refractivity contribution is 0.971. The molecule has 1 rings (SSSR count). The molecule has 1 aromatic heterocycles. The first kappa shape index (κ1) is 8.25. The van der Waals surface area contributed by atoms with Crippen molar-refractivity contribution in [2.45, 2.75) is 33.6 Å². The highest BCUT2D eigenvalue weighted by Crippen LogP contribution is 2.11. The third kappa shape index (κ3) is 1.59. The Bertz CT molecular complexity index is 218. The summed E-state index contributed by atoms with van der Waals surface area (Å²) in [7, 11) is 0. The van der Waals surface area contributed by atoms with Gasteiger partial charge >= 0.3 is 0 Å². The van der Waals surface area contributed by atoms with E-state index in [1.54, 1.807) is 0 Å². The summed E-state index contributed by atoms with van der Waals surface area (Å²) < 4.78 is 0. The van der Waals surface area contributed by atoms with Crippen LogP contribution in [0.25, 0.3) is 0 Å². The van der Waals surface area contributed by atoms with Crippen LogP contribution >= 0.6 is 0 Å². The molecule has 0 amide bonds. The first-order valence-corrected chi connectivity index (χ1v) is 4.23. The lowest BCUT2D eigenvalue weighted by atomic mass is 10.0. The molecule has 1 nitrogen and oxygen atoms in total. The Morgan fingerprint density at radius 1 is 1.27 bits per heavy atom. The van der Waals surface area contributed by atoms with Crippen LogP contribution in [0.5, 0.6) is 0 Å². The number of nitrogens with zero attached hydrogens (tertiary/aromatic N) is 1. The summed E-state index contributed by atoms with van der Waals surface area (Å²) in [6.07, 6.45) is 4.06. The van der Waals surface area contributed by atoms with Crippen LogP contribution in [0.2, 0.25) is 0 Å². The van der Waals surface area contributed by atoms with Crippen molar-refractivity contribution in [3.8, 4) is 0 Å². The number of hydrogen-bond acceptors (Lipinski definition) is 1. The van der Waals surface area contributed by atoms with Gasteiger partial charge in [-0.25, -0.2) is 0 Å². The molecule has 0 aliphatic rings. The van der Waals surface area contributed by atoms with Gasteiger partial charge in [0.05, 0.1) is 0 Å². The van der Waals surface area contributed by atoms with Gasteiger partial charge < -0.3 is 0 Å². The van der Waals surface area contributed by atoms with Crippen molar-refractivity contribution >= 4 is 0 Å². The van der Waals surface area contributed by atoms with Gasteiger partial charge in [-0.15, -0.1) is 0 Å². The van der Waals surface area contributed by atoms with Crippen molar-refractivity contribution in [3.63, 3.8) is 0 Å². The van der Waals surface area contributed by atoms with Crippen LogP contribution < -0.4 is 0 Å². The van der Waals surface area contributed by atoms with Crippen LogP contribution in [-0.4, -0.2) is 4.98 Å². The van der Waals surface area contributed by atoms with Crippen molar-refractivity contribution in [3.05, 3.63) is 29.1 Å². The predicted molar refractivity (Wildman–Crippen MR) is 47.7 cm³/mol. The van der Waals surface area contributed by atoms with E-state index in [0.29, 0.717) is 0 Å². The summed E-state index contributed by atoms with van der Waals surface area (Å²) in [5.74, 6) is 0. The Kier molecular flexibility index (Phi) is 2.64. The highest BCUT2D eigenvalue weighted by Gasteiger charge is 2.00. The van der Waals surface area contributed by atoms with E-state index in [1.165, 1.54) is 16.8 Å². The van der Waals surface area contributed by atoms with Crippen LogP contribution in [0, 0.1) is 6.92 Å². The van der Waals surface area contributed by atoms with Gasteiger partial charge in [0, 0.05) is 11.9 Å². The van der Waals surface area contributed by atoms with Gasteiger partial charge in [-0.2, -0.15) is 0 Å². The van der Waals surface area contributed by atoms with E-state index in [2.05, 4.69) is 31.8 Å². The summed E-state index contributed by atoms with van der Waals surface area (Å²) in [6, 6.07) is 2.11. The quantitative estimate of drug-likeness (QED) is 0.629. The van der Waals surface area contributed by atoms with E-state index >= 15 is 0 Å². The Morgan fingerprint density at radius 2 is 2.00 bits per heavy atom. The molecule has 0 radical (unpaired) electrons. The standard InChI is InChI=1S/C10H15N/c1-4-9-6-7-11-10(5-2)8(9)3/h6-7H,4-5H2,1-3H3. The lowest BCUT2D eigenvalue weighted by Gasteiger charge is -2.05. The minimum Gasteiger partial charge on any atom is -0.261 e. The molecule has 1 heteroatoms. The molecule has 0 unspecified atom stereocenters. The van der Waals surface area contributed by atoms with E-state index in [9.17, 15) is 0 Å².